The van der Waals surface area contributed by atoms with Crippen LogP contribution in [0.1, 0.15) is 24.0 Å². The van der Waals surface area contributed by atoms with Gasteiger partial charge in [-0.15, -0.1) is 0 Å². The minimum Gasteiger partial charge on any atom is -0.377 e. The fourth-order valence-corrected chi connectivity index (χ4v) is 1.58. The van der Waals surface area contributed by atoms with Crippen LogP contribution < -0.4 is 0 Å². The molecule has 72 valence electrons. The summed E-state index contributed by atoms with van der Waals surface area (Å²) in [5, 5.41) is 0.544. The summed E-state index contributed by atoms with van der Waals surface area (Å²) in [6, 6.07) is 0. The summed E-state index contributed by atoms with van der Waals surface area (Å²) in [7, 11) is 1.61. The van der Waals surface area contributed by atoms with Crippen molar-refractivity contribution >= 4 is 11.6 Å². The Morgan fingerprint density at radius 3 is 2.54 bits per heavy atom. The van der Waals surface area contributed by atoms with Crippen LogP contribution in [0.25, 0.3) is 0 Å². The number of aromatic nitrogens is 2. The van der Waals surface area contributed by atoms with Gasteiger partial charge in [-0.3, -0.25) is 0 Å². The maximum atomic E-state index is 5.96. The first kappa shape index (κ1) is 10.4. The van der Waals surface area contributed by atoms with E-state index >= 15 is 0 Å². The zero-order chi connectivity index (χ0) is 9.84. The Morgan fingerprint density at radius 2 is 2.08 bits per heavy atom. The van der Waals surface area contributed by atoms with Gasteiger partial charge in [0.15, 0.2) is 5.82 Å². The van der Waals surface area contributed by atoms with Gasteiger partial charge in [0.05, 0.1) is 0 Å². The van der Waals surface area contributed by atoms with Crippen LogP contribution in [0.4, 0.5) is 0 Å². The molecule has 13 heavy (non-hydrogen) atoms. The molecular formula is C9H13ClN2O. The summed E-state index contributed by atoms with van der Waals surface area (Å²) < 4.78 is 4.93. The Kier molecular flexibility index (Phi) is 3.63. The quantitative estimate of drug-likeness (QED) is 0.702. The maximum absolute atomic E-state index is 5.96. The third-order valence-electron chi connectivity index (χ3n) is 1.84. The highest BCUT2D eigenvalue weighted by atomic mass is 35.5. The Morgan fingerprint density at radius 1 is 1.38 bits per heavy atom. The largest absolute Gasteiger partial charge is 0.377 e. The van der Waals surface area contributed by atoms with Crippen molar-refractivity contribution in [3.63, 3.8) is 0 Å². The van der Waals surface area contributed by atoms with Gasteiger partial charge in [0.25, 0.3) is 0 Å². The molecule has 0 amide bonds. The van der Waals surface area contributed by atoms with Crippen molar-refractivity contribution in [2.45, 2.75) is 26.9 Å². The lowest BCUT2D eigenvalue weighted by molar-refractivity contribution is 0.177. The van der Waals surface area contributed by atoms with E-state index < -0.39 is 0 Å². The predicted molar refractivity (Wildman–Crippen MR) is 51.9 cm³/mol. The van der Waals surface area contributed by atoms with Crippen molar-refractivity contribution in [3.8, 4) is 0 Å². The van der Waals surface area contributed by atoms with Crippen molar-refractivity contribution < 1.29 is 4.74 Å². The number of aryl methyl sites for hydroxylation is 1. The summed E-state index contributed by atoms with van der Waals surface area (Å²) in [5.41, 5.74) is 1.95. The van der Waals surface area contributed by atoms with Crippen LogP contribution in [-0.2, 0) is 17.8 Å². The maximum Gasteiger partial charge on any atom is 0.155 e. The van der Waals surface area contributed by atoms with E-state index in [9.17, 15) is 0 Å². The average Bonchev–Trinajstić information content (AvgIpc) is 2.04. The first-order chi connectivity index (χ1) is 6.19. The molecule has 0 aromatic carbocycles. The molecule has 4 heteroatoms. The highest BCUT2D eigenvalue weighted by Crippen LogP contribution is 2.16. The summed E-state index contributed by atoms with van der Waals surface area (Å²) >= 11 is 5.96. The van der Waals surface area contributed by atoms with Crippen molar-refractivity contribution in [2.75, 3.05) is 7.11 Å². The van der Waals surface area contributed by atoms with Crippen molar-refractivity contribution in [1.82, 2.24) is 9.97 Å². The van der Waals surface area contributed by atoms with Crippen LogP contribution in [0, 0.1) is 6.92 Å². The fourth-order valence-electron chi connectivity index (χ4n) is 1.21. The molecule has 1 heterocycles. The van der Waals surface area contributed by atoms with Crippen LogP contribution in [-0.4, -0.2) is 17.1 Å². The van der Waals surface area contributed by atoms with Gasteiger partial charge in [-0.25, -0.2) is 9.97 Å². The van der Waals surface area contributed by atoms with Gasteiger partial charge >= 0.3 is 0 Å². The number of nitrogens with zero attached hydrogens (tertiary/aromatic N) is 2. The molecule has 0 saturated carbocycles. The van der Waals surface area contributed by atoms with Crippen LogP contribution in [0.2, 0.25) is 5.15 Å². The normalized spacial score (nSPS) is 10.5. The number of hydrogen-bond acceptors (Lipinski definition) is 3. The van der Waals surface area contributed by atoms with Crippen molar-refractivity contribution in [3.05, 3.63) is 22.2 Å². The highest BCUT2D eigenvalue weighted by Gasteiger charge is 2.07. The molecule has 0 saturated heterocycles. The Labute approximate surface area is 83.1 Å². The molecule has 1 aromatic heterocycles. The number of methoxy groups -OCH3 is 1. The van der Waals surface area contributed by atoms with Gasteiger partial charge in [-0.2, -0.15) is 0 Å². The molecule has 0 aliphatic carbocycles. The van der Waals surface area contributed by atoms with Gasteiger partial charge in [-0.1, -0.05) is 18.5 Å². The number of rotatable bonds is 3. The van der Waals surface area contributed by atoms with E-state index in [0.29, 0.717) is 17.6 Å². The number of ether oxygens (including phenoxy) is 1. The van der Waals surface area contributed by atoms with Gasteiger partial charge in [0.1, 0.15) is 11.8 Å². The van der Waals surface area contributed by atoms with E-state index in [-0.39, 0.29) is 0 Å². The van der Waals surface area contributed by atoms with E-state index in [0.717, 1.165) is 17.7 Å². The molecule has 0 aliphatic heterocycles. The molecule has 0 radical (unpaired) electrons. The first-order valence-corrected chi connectivity index (χ1v) is 4.57. The molecule has 0 spiro atoms. The lowest BCUT2D eigenvalue weighted by Gasteiger charge is -2.06. The zero-order valence-electron chi connectivity index (χ0n) is 8.09. The first-order valence-electron chi connectivity index (χ1n) is 4.19. The molecule has 0 bridgehead atoms. The Balaban J connectivity index is 3.05. The van der Waals surface area contributed by atoms with Gasteiger partial charge in [0.2, 0.25) is 0 Å². The van der Waals surface area contributed by atoms with E-state index in [1.165, 1.54) is 0 Å². The molecule has 0 unspecified atom stereocenters. The number of halogens is 1. The van der Waals surface area contributed by atoms with E-state index in [1.54, 1.807) is 7.11 Å². The summed E-state index contributed by atoms with van der Waals surface area (Å²) in [4.78, 5) is 8.40. The average molecular weight is 201 g/mol. The second-order valence-corrected chi connectivity index (χ2v) is 3.14. The minimum absolute atomic E-state index is 0.407. The molecule has 1 aromatic rings. The van der Waals surface area contributed by atoms with Gasteiger partial charge in [0, 0.05) is 18.4 Å². The molecule has 3 nitrogen and oxygen atoms in total. The molecule has 0 fully saturated rings. The second-order valence-electron chi connectivity index (χ2n) is 2.78. The van der Waals surface area contributed by atoms with Crippen molar-refractivity contribution in [1.29, 1.82) is 0 Å². The Hall–Kier alpha value is -0.670. The topological polar surface area (TPSA) is 35.0 Å². The summed E-state index contributed by atoms with van der Waals surface area (Å²) in [6.45, 7) is 4.38. The van der Waals surface area contributed by atoms with Gasteiger partial charge < -0.3 is 4.74 Å². The SMILES string of the molecule is CCc1c(C)nc(COC)nc1Cl. The highest BCUT2D eigenvalue weighted by molar-refractivity contribution is 6.30. The van der Waals surface area contributed by atoms with Crippen LogP contribution in [0.5, 0.6) is 0 Å². The van der Waals surface area contributed by atoms with Crippen LogP contribution >= 0.6 is 11.6 Å². The van der Waals surface area contributed by atoms with Gasteiger partial charge in [-0.05, 0) is 13.3 Å². The Bertz CT molecular complexity index is 279. The van der Waals surface area contributed by atoms with Crippen LogP contribution in [0.3, 0.4) is 0 Å². The fraction of sp³-hybridized carbons (Fsp3) is 0.556. The molecular weight excluding hydrogens is 188 g/mol. The summed E-state index contributed by atoms with van der Waals surface area (Å²) in [6.07, 6.45) is 0.859. The predicted octanol–water partition coefficient (Wildman–Crippen LogP) is 2.15. The molecule has 0 aliphatic rings. The lowest BCUT2D eigenvalue weighted by Crippen LogP contribution is -2.03. The van der Waals surface area contributed by atoms with E-state index in [4.69, 9.17) is 16.3 Å². The third-order valence-corrected chi connectivity index (χ3v) is 2.15. The second kappa shape index (κ2) is 4.53. The number of hydrogen-bond donors (Lipinski definition) is 0. The lowest BCUT2D eigenvalue weighted by atomic mass is 10.2. The van der Waals surface area contributed by atoms with Crippen LogP contribution in [0.15, 0.2) is 0 Å². The summed E-state index contributed by atoms with van der Waals surface area (Å²) in [5.74, 6) is 0.641. The monoisotopic (exact) mass is 200 g/mol. The van der Waals surface area contributed by atoms with E-state index in [2.05, 4.69) is 9.97 Å². The zero-order valence-corrected chi connectivity index (χ0v) is 8.85. The molecule has 0 N–H and O–H groups in total. The minimum atomic E-state index is 0.407. The van der Waals surface area contributed by atoms with Crippen molar-refractivity contribution in [2.24, 2.45) is 0 Å². The smallest absolute Gasteiger partial charge is 0.155 e. The molecule has 0 atom stereocenters. The standard InChI is InChI=1S/C9H13ClN2O/c1-4-7-6(2)11-8(5-13-3)12-9(7)10/h4-5H2,1-3H3. The molecule has 1 rings (SSSR count). The van der Waals surface area contributed by atoms with E-state index in [1.807, 2.05) is 13.8 Å². The third kappa shape index (κ3) is 2.39.